The standard InChI is InChI=1S/C16H14F2N2O2/c17-13-7-6-11(8-14(13)18)9-19-15(21)10-20-16(22)12-4-2-1-3-5-12/h1-8H,9-10H2,(H,19,21)(H,20,22). The van der Waals surface area contributed by atoms with Gasteiger partial charge in [-0.05, 0) is 29.8 Å². The molecule has 0 saturated heterocycles. The van der Waals surface area contributed by atoms with E-state index in [4.69, 9.17) is 0 Å². The molecule has 0 heterocycles. The predicted octanol–water partition coefficient (Wildman–Crippen LogP) is 2.01. The summed E-state index contributed by atoms with van der Waals surface area (Å²) >= 11 is 0. The number of amides is 2. The second kappa shape index (κ2) is 7.31. The van der Waals surface area contributed by atoms with Crippen molar-refractivity contribution in [3.8, 4) is 0 Å². The van der Waals surface area contributed by atoms with Gasteiger partial charge in [-0.1, -0.05) is 24.3 Å². The maximum absolute atomic E-state index is 13.0. The number of rotatable bonds is 5. The second-order valence-corrected chi connectivity index (χ2v) is 4.57. The van der Waals surface area contributed by atoms with Crippen molar-refractivity contribution in [1.29, 1.82) is 0 Å². The van der Waals surface area contributed by atoms with Crippen molar-refractivity contribution in [3.05, 3.63) is 71.3 Å². The average molecular weight is 304 g/mol. The Morgan fingerprint density at radius 1 is 0.909 bits per heavy atom. The molecule has 2 amide bonds. The molecule has 0 radical (unpaired) electrons. The number of halogens is 2. The first-order chi connectivity index (χ1) is 10.6. The Morgan fingerprint density at radius 2 is 1.64 bits per heavy atom. The third-order valence-electron chi connectivity index (χ3n) is 2.92. The van der Waals surface area contributed by atoms with Crippen LogP contribution in [0, 0.1) is 11.6 Å². The maximum atomic E-state index is 13.0. The summed E-state index contributed by atoms with van der Waals surface area (Å²) in [7, 11) is 0. The lowest BCUT2D eigenvalue weighted by molar-refractivity contribution is -0.120. The normalized spacial score (nSPS) is 10.1. The Bertz CT molecular complexity index is 675. The van der Waals surface area contributed by atoms with E-state index < -0.39 is 17.5 Å². The maximum Gasteiger partial charge on any atom is 0.251 e. The van der Waals surface area contributed by atoms with Gasteiger partial charge in [-0.2, -0.15) is 0 Å². The molecular weight excluding hydrogens is 290 g/mol. The smallest absolute Gasteiger partial charge is 0.251 e. The molecule has 2 aromatic carbocycles. The molecule has 0 unspecified atom stereocenters. The van der Waals surface area contributed by atoms with E-state index in [-0.39, 0.29) is 19.0 Å². The minimum Gasteiger partial charge on any atom is -0.350 e. The van der Waals surface area contributed by atoms with Crippen LogP contribution in [0.15, 0.2) is 48.5 Å². The number of carbonyl (C=O) groups excluding carboxylic acids is 2. The van der Waals surface area contributed by atoms with E-state index in [9.17, 15) is 18.4 Å². The molecule has 2 N–H and O–H groups in total. The van der Waals surface area contributed by atoms with E-state index in [0.717, 1.165) is 12.1 Å². The summed E-state index contributed by atoms with van der Waals surface area (Å²) in [6, 6.07) is 11.9. The quantitative estimate of drug-likeness (QED) is 0.888. The van der Waals surface area contributed by atoms with Crippen molar-refractivity contribution < 1.29 is 18.4 Å². The van der Waals surface area contributed by atoms with Gasteiger partial charge in [0.15, 0.2) is 11.6 Å². The summed E-state index contributed by atoms with van der Waals surface area (Å²) < 4.78 is 25.8. The fourth-order valence-electron chi connectivity index (χ4n) is 1.76. The number of hydrogen-bond donors (Lipinski definition) is 2. The number of benzene rings is 2. The molecular formula is C16H14F2N2O2. The molecule has 6 heteroatoms. The summed E-state index contributed by atoms with van der Waals surface area (Å²) in [5.74, 6) is -2.69. The molecule has 0 fully saturated rings. The molecule has 0 aliphatic heterocycles. The average Bonchev–Trinajstić information content (AvgIpc) is 2.54. The molecule has 0 aliphatic rings. The second-order valence-electron chi connectivity index (χ2n) is 4.57. The van der Waals surface area contributed by atoms with Crippen molar-refractivity contribution in [2.75, 3.05) is 6.54 Å². The van der Waals surface area contributed by atoms with Crippen LogP contribution in [0.1, 0.15) is 15.9 Å². The van der Waals surface area contributed by atoms with Crippen LogP contribution in [0.5, 0.6) is 0 Å². The highest BCUT2D eigenvalue weighted by atomic mass is 19.2. The molecule has 0 atom stereocenters. The minimum atomic E-state index is -0.968. The highest BCUT2D eigenvalue weighted by Gasteiger charge is 2.08. The SMILES string of the molecule is O=C(CNC(=O)c1ccccc1)NCc1ccc(F)c(F)c1. The fourth-order valence-corrected chi connectivity index (χ4v) is 1.76. The van der Waals surface area contributed by atoms with Crippen molar-refractivity contribution in [2.24, 2.45) is 0 Å². The highest BCUT2D eigenvalue weighted by Crippen LogP contribution is 2.08. The molecule has 0 aromatic heterocycles. The van der Waals surface area contributed by atoms with Gasteiger partial charge in [0.2, 0.25) is 5.91 Å². The molecule has 0 saturated carbocycles. The largest absolute Gasteiger partial charge is 0.350 e. The molecule has 22 heavy (non-hydrogen) atoms. The summed E-state index contributed by atoms with van der Waals surface area (Å²) in [5, 5.41) is 4.98. The van der Waals surface area contributed by atoms with E-state index in [1.54, 1.807) is 30.3 Å². The van der Waals surface area contributed by atoms with Gasteiger partial charge in [0.1, 0.15) is 0 Å². The Balaban J connectivity index is 1.78. The van der Waals surface area contributed by atoms with E-state index >= 15 is 0 Å². The zero-order valence-electron chi connectivity index (χ0n) is 11.6. The lowest BCUT2D eigenvalue weighted by atomic mass is 10.2. The van der Waals surface area contributed by atoms with E-state index in [2.05, 4.69) is 10.6 Å². The molecule has 0 bridgehead atoms. The molecule has 114 valence electrons. The van der Waals surface area contributed by atoms with E-state index in [0.29, 0.717) is 11.1 Å². The van der Waals surface area contributed by atoms with Crippen molar-refractivity contribution >= 4 is 11.8 Å². The van der Waals surface area contributed by atoms with Gasteiger partial charge in [0, 0.05) is 12.1 Å². The Labute approximate surface area is 126 Å². The van der Waals surface area contributed by atoms with Gasteiger partial charge in [-0.15, -0.1) is 0 Å². The van der Waals surface area contributed by atoms with Gasteiger partial charge in [0.05, 0.1) is 6.54 Å². The van der Waals surface area contributed by atoms with Gasteiger partial charge < -0.3 is 10.6 Å². The number of carbonyl (C=O) groups is 2. The first-order valence-corrected chi connectivity index (χ1v) is 6.60. The van der Waals surface area contributed by atoms with Gasteiger partial charge in [-0.3, -0.25) is 9.59 Å². The monoisotopic (exact) mass is 304 g/mol. The van der Waals surface area contributed by atoms with E-state index in [1.807, 2.05) is 0 Å². The summed E-state index contributed by atoms with van der Waals surface area (Å²) in [4.78, 5) is 23.3. The zero-order chi connectivity index (χ0) is 15.9. The predicted molar refractivity (Wildman–Crippen MR) is 77.0 cm³/mol. The van der Waals surface area contributed by atoms with Gasteiger partial charge in [0.25, 0.3) is 5.91 Å². The van der Waals surface area contributed by atoms with E-state index in [1.165, 1.54) is 6.07 Å². The van der Waals surface area contributed by atoms with Crippen LogP contribution in [-0.4, -0.2) is 18.4 Å². The van der Waals surface area contributed by atoms with Crippen LogP contribution >= 0.6 is 0 Å². The van der Waals surface area contributed by atoms with Gasteiger partial charge >= 0.3 is 0 Å². The minimum absolute atomic E-state index is 0.0528. The third kappa shape index (κ3) is 4.37. The first-order valence-electron chi connectivity index (χ1n) is 6.60. The summed E-state index contributed by atoms with van der Waals surface area (Å²) in [5.41, 5.74) is 0.887. The fraction of sp³-hybridized carbons (Fsp3) is 0.125. The summed E-state index contributed by atoms with van der Waals surface area (Å²) in [6.07, 6.45) is 0. The summed E-state index contributed by atoms with van der Waals surface area (Å²) in [6.45, 7) is -0.144. The van der Waals surface area contributed by atoms with Crippen LogP contribution in [0.4, 0.5) is 8.78 Å². The topological polar surface area (TPSA) is 58.2 Å². The van der Waals surface area contributed by atoms with Crippen LogP contribution < -0.4 is 10.6 Å². The lowest BCUT2D eigenvalue weighted by Crippen LogP contribution is -2.36. The molecule has 0 spiro atoms. The van der Waals surface area contributed by atoms with Crippen molar-refractivity contribution in [3.63, 3.8) is 0 Å². The molecule has 2 aromatic rings. The Kier molecular flexibility index (Phi) is 5.19. The first kappa shape index (κ1) is 15.6. The van der Waals surface area contributed by atoms with Crippen LogP contribution in [-0.2, 0) is 11.3 Å². The van der Waals surface area contributed by atoms with Crippen molar-refractivity contribution in [2.45, 2.75) is 6.54 Å². The Morgan fingerprint density at radius 3 is 2.32 bits per heavy atom. The zero-order valence-corrected chi connectivity index (χ0v) is 11.6. The van der Waals surface area contributed by atoms with Gasteiger partial charge in [-0.25, -0.2) is 8.78 Å². The third-order valence-corrected chi connectivity index (χ3v) is 2.92. The molecule has 2 rings (SSSR count). The molecule has 0 aliphatic carbocycles. The highest BCUT2D eigenvalue weighted by molar-refractivity contribution is 5.96. The van der Waals surface area contributed by atoms with Crippen molar-refractivity contribution in [1.82, 2.24) is 10.6 Å². The number of nitrogens with one attached hydrogen (secondary N) is 2. The number of hydrogen-bond acceptors (Lipinski definition) is 2. The lowest BCUT2D eigenvalue weighted by Gasteiger charge is -2.07. The van der Waals surface area contributed by atoms with Crippen LogP contribution in [0.2, 0.25) is 0 Å². The Hall–Kier alpha value is -2.76. The molecule has 4 nitrogen and oxygen atoms in total. The van der Waals surface area contributed by atoms with Crippen LogP contribution in [0.3, 0.4) is 0 Å². The van der Waals surface area contributed by atoms with Crippen LogP contribution in [0.25, 0.3) is 0 Å².